The number of hydrogen-bond acceptors (Lipinski definition) is 4. The van der Waals surface area contributed by atoms with E-state index in [4.69, 9.17) is 9.15 Å². The van der Waals surface area contributed by atoms with Gasteiger partial charge >= 0.3 is 0 Å². The molecule has 1 aromatic rings. The summed E-state index contributed by atoms with van der Waals surface area (Å²) < 4.78 is 11.0. The smallest absolute Gasteiger partial charge is 0.251 e. The summed E-state index contributed by atoms with van der Waals surface area (Å²) >= 11 is 0. The molecule has 1 aromatic heterocycles. The molecule has 1 saturated heterocycles. The summed E-state index contributed by atoms with van der Waals surface area (Å²) in [5.74, 6) is 1.56. The van der Waals surface area contributed by atoms with Crippen LogP contribution >= 0.6 is 0 Å². The third kappa shape index (κ3) is 4.49. The summed E-state index contributed by atoms with van der Waals surface area (Å²) in [7, 11) is 5.21. The number of carbonyl (C=O) groups excluding carboxylic acids is 1. The Morgan fingerprint density at radius 2 is 2.23 bits per heavy atom. The predicted molar refractivity (Wildman–Crippen MR) is 83.5 cm³/mol. The minimum atomic E-state index is -0.320. The molecule has 1 amide bonds. The SMILES string of the molecule is CN=C(NCc1ccco1)NC[C@@H]1CC[C@H](C(=O)N(C)C)O1. The fourth-order valence-electron chi connectivity index (χ4n) is 2.34. The van der Waals surface area contributed by atoms with E-state index >= 15 is 0 Å². The topological polar surface area (TPSA) is 79.1 Å². The Bertz CT molecular complexity index is 499. The first-order chi connectivity index (χ1) is 10.6. The highest BCUT2D eigenvalue weighted by molar-refractivity contribution is 5.81. The van der Waals surface area contributed by atoms with E-state index in [0.29, 0.717) is 19.0 Å². The van der Waals surface area contributed by atoms with Gasteiger partial charge in [0.15, 0.2) is 5.96 Å². The predicted octanol–water partition coefficient (Wildman–Crippen LogP) is 0.580. The van der Waals surface area contributed by atoms with Gasteiger partial charge in [0.2, 0.25) is 0 Å². The van der Waals surface area contributed by atoms with E-state index in [0.717, 1.165) is 18.6 Å². The molecule has 2 atom stereocenters. The Morgan fingerprint density at radius 1 is 1.41 bits per heavy atom. The van der Waals surface area contributed by atoms with E-state index in [1.165, 1.54) is 0 Å². The monoisotopic (exact) mass is 308 g/mol. The van der Waals surface area contributed by atoms with Gasteiger partial charge in [-0.25, -0.2) is 0 Å². The van der Waals surface area contributed by atoms with Crippen molar-refractivity contribution in [1.82, 2.24) is 15.5 Å². The zero-order valence-corrected chi connectivity index (χ0v) is 13.3. The summed E-state index contributed by atoms with van der Waals surface area (Å²) in [6.45, 7) is 1.19. The second-order valence-electron chi connectivity index (χ2n) is 5.44. The molecular formula is C15H24N4O3. The van der Waals surface area contributed by atoms with Crippen molar-refractivity contribution < 1.29 is 13.9 Å². The van der Waals surface area contributed by atoms with Gasteiger partial charge in [-0.1, -0.05) is 0 Å². The molecule has 7 heteroatoms. The van der Waals surface area contributed by atoms with Gasteiger partial charge in [0.1, 0.15) is 11.9 Å². The summed E-state index contributed by atoms with van der Waals surface area (Å²) in [5, 5.41) is 6.37. The number of rotatable bonds is 5. The number of amides is 1. The van der Waals surface area contributed by atoms with Crippen LogP contribution in [0, 0.1) is 0 Å². The minimum absolute atomic E-state index is 0.0241. The molecule has 2 N–H and O–H groups in total. The fourth-order valence-corrected chi connectivity index (χ4v) is 2.34. The first-order valence-electron chi connectivity index (χ1n) is 7.43. The number of aliphatic imine (C=N–C) groups is 1. The minimum Gasteiger partial charge on any atom is -0.467 e. The normalized spacial score (nSPS) is 21.7. The third-order valence-electron chi connectivity index (χ3n) is 3.55. The van der Waals surface area contributed by atoms with Gasteiger partial charge in [0.25, 0.3) is 5.91 Å². The highest BCUT2D eigenvalue weighted by Gasteiger charge is 2.31. The molecule has 1 fully saturated rings. The molecule has 7 nitrogen and oxygen atoms in total. The van der Waals surface area contributed by atoms with Gasteiger partial charge in [-0.05, 0) is 25.0 Å². The van der Waals surface area contributed by atoms with Crippen molar-refractivity contribution in [2.75, 3.05) is 27.7 Å². The Morgan fingerprint density at radius 3 is 2.86 bits per heavy atom. The number of ether oxygens (including phenoxy) is 1. The fraction of sp³-hybridized carbons (Fsp3) is 0.600. The molecule has 0 bridgehead atoms. The molecule has 0 radical (unpaired) electrons. The molecule has 0 saturated carbocycles. The zero-order chi connectivity index (χ0) is 15.9. The lowest BCUT2D eigenvalue weighted by molar-refractivity contribution is -0.140. The lowest BCUT2D eigenvalue weighted by Crippen LogP contribution is -2.41. The summed E-state index contributed by atoms with van der Waals surface area (Å²) in [6.07, 6.45) is 2.98. The van der Waals surface area contributed by atoms with Crippen LogP contribution in [0.2, 0.25) is 0 Å². The Hall–Kier alpha value is -2.02. The molecule has 1 aliphatic heterocycles. The maximum Gasteiger partial charge on any atom is 0.251 e. The highest BCUT2D eigenvalue weighted by atomic mass is 16.5. The van der Waals surface area contributed by atoms with E-state index in [1.807, 2.05) is 12.1 Å². The van der Waals surface area contributed by atoms with Crippen LogP contribution in [0.4, 0.5) is 0 Å². The number of likely N-dealkylation sites (N-methyl/N-ethyl adjacent to an activating group) is 1. The Balaban J connectivity index is 1.71. The van der Waals surface area contributed by atoms with Gasteiger partial charge in [-0.2, -0.15) is 0 Å². The zero-order valence-electron chi connectivity index (χ0n) is 13.3. The summed E-state index contributed by atoms with van der Waals surface area (Å²) in [5.41, 5.74) is 0. The summed E-state index contributed by atoms with van der Waals surface area (Å²) in [6, 6.07) is 3.75. The Labute approximate surface area is 130 Å². The average Bonchev–Trinajstić information content (AvgIpc) is 3.18. The number of nitrogens with one attached hydrogen (secondary N) is 2. The van der Waals surface area contributed by atoms with Gasteiger partial charge in [-0.15, -0.1) is 0 Å². The highest BCUT2D eigenvalue weighted by Crippen LogP contribution is 2.20. The van der Waals surface area contributed by atoms with E-state index in [9.17, 15) is 4.79 Å². The molecule has 122 valence electrons. The molecule has 2 rings (SSSR count). The van der Waals surface area contributed by atoms with Crippen LogP contribution in [0.15, 0.2) is 27.8 Å². The molecule has 1 aliphatic rings. The van der Waals surface area contributed by atoms with Crippen LogP contribution in [0.25, 0.3) is 0 Å². The first kappa shape index (κ1) is 16.4. The lowest BCUT2D eigenvalue weighted by Gasteiger charge is -2.18. The maximum atomic E-state index is 11.9. The number of nitrogens with zero attached hydrogens (tertiary/aromatic N) is 2. The number of guanidine groups is 1. The van der Waals surface area contributed by atoms with E-state index < -0.39 is 0 Å². The first-order valence-corrected chi connectivity index (χ1v) is 7.43. The van der Waals surface area contributed by atoms with E-state index in [1.54, 1.807) is 32.3 Å². The standard InChI is InChI=1S/C15H24N4O3/c1-16-15(17-9-11-5-4-8-21-11)18-10-12-6-7-13(22-12)14(20)19(2)3/h4-5,8,12-13H,6-7,9-10H2,1-3H3,(H2,16,17,18)/t12-,13+/m0/s1. The quantitative estimate of drug-likeness (QED) is 0.614. The van der Waals surface area contributed by atoms with Crippen molar-refractivity contribution in [1.29, 1.82) is 0 Å². The molecule has 0 unspecified atom stereocenters. The van der Waals surface area contributed by atoms with Gasteiger partial charge in [0, 0.05) is 27.7 Å². The van der Waals surface area contributed by atoms with Crippen molar-refractivity contribution in [3.63, 3.8) is 0 Å². The van der Waals surface area contributed by atoms with Crippen molar-refractivity contribution >= 4 is 11.9 Å². The summed E-state index contributed by atoms with van der Waals surface area (Å²) in [4.78, 5) is 17.6. The molecule has 22 heavy (non-hydrogen) atoms. The number of carbonyl (C=O) groups is 1. The lowest BCUT2D eigenvalue weighted by atomic mass is 10.2. The van der Waals surface area contributed by atoms with Crippen molar-refractivity contribution in [2.45, 2.75) is 31.6 Å². The number of furan rings is 1. The average molecular weight is 308 g/mol. The molecule has 0 aliphatic carbocycles. The second-order valence-corrected chi connectivity index (χ2v) is 5.44. The van der Waals surface area contributed by atoms with Crippen LogP contribution in [-0.4, -0.2) is 56.7 Å². The van der Waals surface area contributed by atoms with Crippen molar-refractivity contribution in [3.8, 4) is 0 Å². The van der Waals surface area contributed by atoms with E-state index in [-0.39, 0.29) is 18.1 Å². The van der Waals surface area contributed by atoms with E-state index in [2.05, 4.69) is 15.6 Å². The van der Waals surface area contributed by atoms with Gasteiger partial charge in [0.05, 0.1) is 18.9 Å². The van der Waals surface area contributed by atoms with Crippen LogP contribution < -0.4 is 10.6 Å². The molecule has 2 heterocycles. The van der Waals surface area contributed by atoms with Gasteiger partial charge < -0.3 is 24.7 Å². The van der Waals surface area contributed by atoms with Crippen LogP contribution in [0.3, 0.4) is 0 Å². The van der Waals surface area contributed by atoms with Crippen LogP contribution in [0.5, 0.6) is 0 Å². The van der Waals surface area contributed by atoms with Crippen molar-refractivity contribution in [2.24, 2.45) is 4.99 Å². The second kappa shape index (κ2) is 7.84. The largest absolute Gasteiger partial charge is 0.467 e. The van der Waals surface area contributed by atoms with Crippen LogP contribution in [-0.2, 0) is 16.1 Å². The van der Waals surface area contributed by atoms with Crippen molar-refractivity contribution in [3.05, 3.63) is 24.2 Å². The maximum absolute atomic E-state index is 11.9. The molecule has 0 spiro atoms. The van der Waals surface area contributed by atoms with Crippen LogP contribution in [0.1, 0.15) is 18.6 Å². The molecule has 0 aromatic carbocycles. The molecular weight excluding hydrogens is 284 g/mol. The van der Waals surface area contributed by atoms with Gasteiger partial charge in [-0.3, -0.25) is 9.79 Å². The number of hydrogen-bond donors (Lipinski definition) is 2. The third-order valence-corrected chi connectivity index (χ3v) is 3.55. The Kier molecular flexibility index (Phi) is 5.83.